The highest BCUT2D eigenvalue weighted by Gasteiger charge is 2.17. The fourth-order valence-corrected chi connectivity index (χ4v) is 1.50. The van der Waals surface area contributed by atoms with E-state index in [0.29, 0.717) is 0 Å². The van der Waals surface area contributed by atoms with E-state index in [1.165, 1.54) is 0 Å². The Morgan fingerprint density at radius 2 is 2.07 bits per heavy atom. The highest BCUT2D eigenvalue weighted by molar-refractivity contribution is 5.18. The van der Waals surface area contributed by atoms with Gasteiger partial charge in [0.05, 0.1) is 19.3 Å². The Morgan fingerprint density at radius 3 is 2.64 bits per heavy atom. The maximum absolute atomic E-state index is 5.30. The van der Waals surface area contributed by atoms with Gasteiger partial charge in [-0.25, -0.2) is 0 Å². The molecule has 76 valence electrons. The Bertz CT molecular complexity index is 243. The van der Waals surface area contributed by atoms with E-state index in [1.54, 1.807) is 6.08 Å². The molecule has 1 rings (SSSR count). The first kappa shape index (κ1) is 11.0. The molecule has 0 saturated carbocycles. The van der Waals surface area contributed by atoms with Crippen LogP contribution in [0.4, 0.5) is 0 Å². The highest BCUT2D eigenvalue weighted by atomic mass is 16.5. The number of nitrogens with zero attached hydrogens (tertiary/aromatic N) is 1. The van der Waals surface area contributed by atoms with Gasteiger partial charge in [-0.15, -0.1) is 6.58 Å². The van der Waals surface area contributed by atoms with E-state index in [-0.39, 0.29) is 6.04 Å². The Morgan fingerprint density at radius 1 is 1.36 bits per heavy atom. The maximum Gasteiger partial charge on any atom is 0.0754 e. The van der Waals surface area contributed by atoms with E-state index >= 15 is 0 Å². The first-order valence-corrected chi connectivity index (χ1v) is 4.93. The number of allylic oxidation sites excluding steroid dienone is 1. The summed E-state index contributed by atoms with van der Waals surface area (Å²) in [4.78, 5) is 2.34. The van der Waals surface area contributed by atoms with Gasteiger partial charge < -0.3 is 4.74 Å². The predicted octanol–water partition coefficient (Wildman–Crippen LogP) is 1.45. The molecule has 1 heterocycles. The molecule has 1 fully saturated rings. The van der Waals surface area contributed by atoms with Gasteiger partial charge in [0.15, 0.2) is 0 Å². The lowest BCUT2D eigenvalue weighted by molar-refractivity contribution is 0.0278. The third-order valence-corrected chi connectivity index (χ3v) is 2.23. The number of morpholine rings is 1. The summed E-state index contributed by atoms with van der Waals surface area (Å²) >= 11 is 0. The molecular formula is C12H17NO. The zero-order chi connectivity index (χ0) is 10.2. The SMILES string of the molecule is C=CC#CC(CC=C)N1CCOCC1. The number of hydrogen-bond acceptors (Lipinski definition) is 2. The second-order valence-corrected chi connectivity index (χ2v) is 3.18. The van der Waals surface area contributed by atoms with E-state index in [2.05, 4.69) is 29.9 Å². The summed E-state index contributed by atoms with van der Waals surface area (Å²) in [5.41, 5.74) is 0. The molecular weight excluding hydrogens is 174 g/mol. The molecule has 0 N–H and O–H groups in total. The van der Waals surface area contributed by atoms with Crippen LogP contribution in [0.5, 0.6) is 0 Å². The van der Waals surface area contributed by atoms with Crippen molar-refractivity contribution in [1.29, 1.82) is 0 Å². The lowest BCUT2D eigenvalue weighted by Gasteiger charge is -2.30. The van der Waals surface area contributed by atoms with Gasteiger partial charge >= 0.3 is 0 Å². The second kappa shape index (κ2) is 6.42. The topological polar surface area (TPSA) is 12.5 Å². The van der Waals surface area contributed by atoms with Crippen molar-refractivity contribution in [1.82, 2.24) is 4.90 Å². The average molecular weight is 191 g/mol. The Balaban J connectivity index is 2.54. The highest BCUT2D eigenvalue weighted by Crippen LogP contribution is 2.07. The average Bonchev–Trinajstić information content (AvgIpc) is 2.25. The van der Waals surface area contributed by atoms with Gasteiger partial charge in [0.2, 0.25) is 0 Å². The summed E-state index contributed by atoms with van der Waals surface area (Å²) in [6, 6.07) is 0.273. The molecule has 0 spiro atoms. The fourth-order valence-electron chi connectivity index (χ4n) is 1.50. The zero-order valence-corrected chi connectivity index (χ0v) is 8.54. The zero-order valence-electron chi connectivity index (χ0n) is 8.54. The molecule has 0 bridgehead atoms. The summed E-state index contributed by atoms with van der Waals surface area (Å²) in [6.45, 7) is 10.9. The molecule has 1 aliphatic rings. The van der Waals surface area contributed by atoms with E-state index in [0.717, 1.165) is 32.7 Å². The van der Waals surface area contributed by atoms with Gasteiger partial charge in [-0.05, 0) is 12.5 Å². The van der Waals surface area contributed by atoms with Crippen LogP contribution in [0.15, 0.2) is 25.3 Å². The van der Waals surface area contributed by atoms with Crippen LogP contribution in [0.3, 0.4) is 0 Å². The minimum absolute atomic E-state index is 0.273. The Labute approximate surface area is 86.2 Å². The lowest BCUT2D eigenvalue weighted by Crippen LogP contribution is -2.42. The van der Waals surface area contributed by atoms with Gasteiger partial charge in [0, 0.05) is 13.1 Å². The summed E-state index contributed by atoms with van der Waals surface area (Å²) in [5, 5.41) is 0. The van der Waals surface area contributed by atoms with Crippen molar-refractivity contribution in [3.8, 4) is 11.8 Å². The number of rotatable bonds is 3. The molecule has 0 amide bonds. The number of hydrogen-bond donors (Lipinski definition) is 0. The quantitative estimate of drug-likeness (QED) is 0.494. The van der Waals surface area contributed by atoms with Gasteiger partial charge in [-0.3, -0.25) is 4.90 Å². The van der Waals surface area contributed by atoms with Crippen LogP contribution >= 0.6 is 0 Å². The van der Waals surface area contributed by atoms with Crippen LogP contribution in [0.1, 0.15) is 6.42 Å². The predicted molar refractivity (Wildman–Crippen MR) is 59.0 cm³/mol. The van der Waals surface area contributed by atoms with Gasteiger partial charge in [-0.2, -0.15) is 0 Å². The molecule has 0 radical (unpaired) electrons. The van der Waals surface area contributed by atoms with Crippen LogP contribution in [0.2, 0.25) is 0 Å². The van der Waals surface area contributed by atoms with Crippen molar-refractivity contribution in [3.63, 3.8) is 0 Å². The van der Waals surface area contributed by atoms with Crippen LogP contribution < -0.4 is 0 Å². The summed E-state index contributed by atoms with van der Waals surface area (Å²) in [6.07, 6.45) is 4.45. The van der Waals surface area contributed by atoms with Crippen LogP contribution in [-0.4, -0.2) is 37.2 Å². The lowest BCUT2D eigenvalue weighted by atomic mass is 10.1. The standard InChI is InChI=1S/C12H17NO/c1-3-5-7-12(6-4-2)13-8-10-14-11-9-13/h3-4,12H,1-2,6,8-11H2. The van der Waals surface area contributed by atoms with Crippen molar-refractivity contribution >= 4 is 0 Å². The first-order chi connectivity index (χ1) is 6.88. The third kappa shape index (κ3) is 3.37. The van der Waals surface area contributed by atoms with Crippen molar-refractivity contribution < 1.29 is 4.74 Å². The third-order valence-electron chi connectivity index (χ3n) is 2.23. The molecule has 2 nitrogen and oxygen atoms in total. The van der Waals surface area contributed by atoms with Crippen LogP contribution in [0.25, 0.3) is 0 Å². The fraction of sp³-hybridized carbons (Fsp3) is 0.500. The monoisotopic (exact) mass is 191 g/mol. The summed E-state index contributed by atoms with van der Waals surface area (Å²) in [5.74, 6) is 6.09. The van der Waals surface area contributed by atoms with Gasteiger partial charge in [0.1, 0.15) is 0 Å². The van der Waals surface area contributed by atoms with E-state index in [4.69, 9.17) is 4.74 Å². The smallest absolute Gasteiger partial charge is 0.0754 e. The van der Waals surface area contributed by atoms with E-state index in [1.807, 2.05) is 6.08 Å². The number of ether oxygens (including phenoxy) is 1. The molecule has 1 aliphatic heterocycles. The Hall–Kier alpha value is -1.04. The molecule has 2 heteroatoms. The largest absolute Gasteiger partial charge is 0.379 e. The van der Waals surface area contributed by atoms with Crippen LogP contribution in [-0.2, 0) is 4.74 Å². The molecule has 0 aromatic rings. The second-order valence-electron chi connectivity index (χ2n) is 3.18. The molecule has 0 aromatic carbocycles. The van der Waals surface area contributed by atoms with Crippen molar-refractivity contribution in [3.05, 3.63) is 25.3 Å². The minimum Gasteiger partial charge on any atom is -0.379 e. The van der Waals surface area contributed by atoms with Crippen molar-refractivity contribution in [2.24, 2.45) is 0 Å². The van der Waals surface area contributed by atoms with E-state index in [9.17, 15) is 0 Å². The molecule has 1 atom stereocenters. The summed E-state index contributed by atoms with van der Waals surface area (Å²) in [7, 11) is 0. The molecule has 1 unspecified atom stereocenters. The van der Waals surface area contributed by atoms with Crippen molar-refractivity contribution in [2.75, 3.05) is 26.3 Å². The van der Waals surface area contributed by atoms with Gasteiger partial charge in [0.25, 0.3) is 0 Å². The van der Waals surface area contributed by atoms with E-state index < -0.39 is 0 Å². The van der Waals surface area contributed by atoms with Crippen LogP contribution in [0, 0.1) is 11.8 Å². The Kier molecular flexibility index (Phi) is 5.06. The molecule has 0 aliphatic carbocycles. The molecule has 14 heavy (non-hydrogen) atoms. The molecule has 0 aromatic heterocycles. The van der Waals surface area contributed by atoms with Crippen molar-refractivity contribution in [2.45, 2.75) is 12.5 Å². The van der Waals surface area contributed by atoms with Gasteiger partial charge in [-0.1, -0.05) is 24.5 Å². The maximum atomic E-state index is 5.30. The minimum atomic E-state index is 0.273. The first-order valence-electron chi connectivity index (χ1n) is 4.93. The normalized spacial score (nSPS) is 19.1. The molecule has 1 saturated heterocycles. The summed E-state index contributed by atoms with van der Waals surface area (Å²) < 4.78 is 5.30.